The molecule has 1 aliphatic rings. The molecule has 0 saturated heterocycles. The predicted octanol–water partition coefficient (Wildman–Crippen LogP) is 3.46. The zero-order chi connectivity index (χ0) is 15.7. The number of amides is 1. The molecule has 0 radical (unpaired) electrons. The molecule has 2 aromatic rings. The van der Waals surface area contributed by atoms with Crippen molar-refractivity contribution in [2.45, 2.75) is 46.1 Å². The fourth-order valence-electron chi connectivity index (χ4n) is 2.74. The Hall–Kier alpha value is -1.47. The SMILES string of the molecule is CCNc1nc(C)c(C(=O)NC2CCCc3sc(C)nc32)s1. The Kier molecular flexibility index (Phi) is 4.44. The molecule has 22 heavy (non-hydrogen) atoms. The van der Waals surface area contributed by atoms with Gasteiger partial charge in [0.2, 0.25) is 0 Å². The van der Waals surface area contributed by atoms with Crippen molar-refractivity contribution in [2.24, 2.45) is 0 Å². The van der Waals surface area contributed by atoms with Gasteiger partial charge in [-0.15, -0.1) is 11.3 Å². The first-order valence-corrected chi connectivity index (χ1v) is 9.20. The molecule has 3 rings (SSSR count). The van der Waals surface area contributed by atoms with Crippen LogP contribution in [0.1, 0.15) is 56.8 Å². The third kappa shape index (κ3) is 3.01. The fraction of sp³-hybridized carbons (Fsp3) is 0.533. The highest BCUT2D eigenvalue weighted by Crippen LogP contribution is 2.33. The number of thiazole rings is 2. The molecule has 1 amide bonds. The van der Waals surface area contributed by atoms with Crippen LogP contribution in [0.4, 0.5) is 5.13 Å². The van der Waals surface area contributed by atoms with Crippen LogP contribution in [0.2, 0.25) is 0 Å². The maximum absolute atomic E-state index is 12.6. The van der Waals surface area contributed by atoms with Crippen molar-refractivity contribution in [3.8, 4) is 0 Å². The second-order valence-electron chi connectivity index (χ2n) is 5.42. The van der Waals surface area contributed by atoms with E-state index in [-0.39, 0.29) is 11.9 Å². The number of carbonyl (C=O) groups excluding carboxylic acids is 1. The van der Waals surface area contributed by atoms with Gasteiger partial charge in [0.05, 0.1) is 22.4 Å². The molecule has 1 aliphatic carbocycles. The van der Waals surface area contributed by atoms with Gasteiger partial charge < -0.3 is 10.6 Å². The third-order valence-corrected chi connectivity index (χ3v) is 5.86. The summed E-state index contributed by atoms with van der Waals surface area (Å²) in [4.78, 5) is 23.6. The molecule has 1 atom stereocenters. The van der Waals surface area contributed by atoms with E-state index in [1.54, 1.807) is 11.3 Å². The van der Waals surface area contributed by atoms with Crippen LogP contribution in [-0.4, -0.2) is 22.4 Å². The number of aryl methyl sites for hydroxylation is 3. The van der Waals surface area contributed by atoms with Crippen LogP contribution in [0.15, 0.2) is 0 Å². The van der Waals surface area contributed by atoms with E-state index in [4.69, 9.17) is 0 Å². The smallest absolute Gasteiger partial charge is 0.263 e. The van der Waals surface area contributed by atoms with Crippen LogP contribution >= 0.6 is 22.7 Å². The lowest BCUT2D eigenvalue weighted by Crippen LogP contribution is -2.30. The first-order chi connectivity index (χ1) is 10.6. The fourth-order valence-corrected chi connectivity index (χ4v) is 4.72. The molecular formula is C15H20N4OS2. The van der Waals surface area contributed by atoms with Crippen LogP contribution in [0.25, 0.3) is 0 Å². The van der Waals surface area contributed by atoms with Crippen LogP contribution in [0.5, 0.6) is 0 Å². The second kappa shape index (κ2) is 6.34. The van der Waals surface area contributed by atoms with Crippen molar-refractivity contribution >= 4 is 33.7 Å². The Morgan fingerprint density at radius 1 is 1.32 bits per heavy atom. The van der Waals surface area contributed by atoms with E-state index in [1.165, 1.54) is 16.2 Å². The van der Waals surface area contributed by atoms with E-state index in [2.05, 4.69) is 20.6 Å². The molecule has 0 bridgehead atoms. The maximum Gasteiger partial charge on any atom is 0.263 e. The molecule has 7 heteroatoms. The van der Waals surface area contributed by atoms with Crippen molar-refractivity contribution in [1.82, 2.24) is 15.3 Å². The number of aromatic nitrogens is 2. The normalized spacial score (nSPS) is 17.1. The summed E-state index contributed by atoms with van der Waals surface area (Å²) in [6, 6.07) is 0.0327. The Labute approximate surface area is 138 Å². The number of hydrogen-bond donors (Lipinski definition) is 2. The lowest BCUT2D eigenvalue weighted by Gasteiger charge is -2.22. The van der Waals surface area contributed by atoms with Gasteiger partial charge in [0.25, 0.3) is 5.91 Å². The first kappa shape index (κ1) is 15.4. The van der Waals surface area contributed by atoms with E-state index in [9.17, 15) is 4.79 Å². The summed E-state index contributed by atoms with van der Waals surface area (Å²) in [5.74, 6) is -0.0392. The third-order valence-electron chi connectivity index (χ3n) is 3.70. The maximum atomic E-state index is 12.6. The van der Waals surface area contributed by atoms with E-state index in [0.29, 0.717) is 4.88 Å². The Bertz CT molecular complexity index is 692. The number of hydrogen-bond acceptors (Lipinski definition) is 6. The minimum Gasteiger partial charge on any atom is -0.362 e. The number of fused-ring (bicyclic) bond motifs is 1. The molecule has 0 aliphatic heterocycles. The average molecular weight is 336 g/mol. The van der Waals surface area contributed by atoms with Gasteiger partial charge in [0, 0.05) is 11.4 Å². The molecule has 5 nitrogen and oxygen atoms in total. The predicted molar refractivity (Wildman–Crippen MR) is 91.0 cm³/mol. The minimum absolute atomic E-state index is 0.0327. The van der Waals surface area contributed by atoms with Gasteiger partial charge in [-0.2, -0.15) is 0 Å². The van der Waals surface area contributed by atoms with Gasteiger partial charge in [-0.1, -0.05) is 11.3 Å². The zero-order valence-corrected chi connectivity index (χ0v) is 14.7. The van der Waals surface area contributed by atoms with Gasteiger partial charge in [-0.25, -0.2) is 9.97 Å². The lowest BCUT2D eigenvalue weighted by atomic mass is 9.97. The molecule has 2 heterocycles. The average Bonchev–Trinajstić information content (AvgIpc) is 3.02. The number of anilines is 1. The monoisotopic (exact) mass is 336 g/mol. The van der Waals surface area contributed by atoms with E-state index < -0.39 is 0 Å². The van der Waals surface area contributed by atoms with Crippen molar-refractivity contribution in [3.63, 3.8) is 0 Å². The van der Waals surface area contributed by atoms with Crippen molar-refractivity contribution in [1.29, 1.82) is 0 Å². The highest BCUT2D eigenvalue weighted by atomic mass is 32.1. The lowest BCUT2D eigenvalue weighted by molar-refractivity contribution is 0.0935. The molecule has 2 N–H and O–H groups in total. The van der Waals surface area contributed by atoms with Crippen LogP contribution in [0, 0.1) is 13.8 Å². The van der Waals surface area contributed by atoms with Crippen molar-refractivity contribution in [2.75, 3.05) is 11.9 Å². The summed E-state index contributed by atoms with van der Waals surface area (Å²) in [5.41, 5.74) is 1.85. The largest absolute Gasteiger partial charge is 0.362 e. The molecule has 0 spiro atoms. The highest BCUT2D eigenvalue weighted by molar-refractivity contribution is 7.17. The van der Waals surface area contributed by atoms with E-state index in [1.807, 2.05) is 20.8 Å². The summed E-state index contributed by atoms with van der Waals surface area (Å²) in [6.45, 7) is 6.73. The number of carbonyl (C=O) groups is 1. The second-order valence-corrected chi connectivity index (χ2v) is 7.71. The van der Waals surface area contributed by atoms with E-state index in [0.717, 1.165) is 47.3 Å². The molecule has 0 fully saturated rings. The zero-order valence-electron chi connectivity index (χ0n) is 13.0. The van der Waals surface area contributed by atoms with Crippen LogP contribution in [0.3, 0.4) is 0 Å². The molecule has 0 saturated carbocycles. The van der Waals surface area contributed by atoms with Gasteiger partial charge in [-0.3, -0.25) is 4.79 Å². The summed E-state index contributed by atoms with van der Waals surface area (Å²) < 4.78 is 0. The molecular weight excluding hydrogens is 316 g/mol. The van der Waals surface area contributed by atoms with Gasteiger partial charge in [0.1, 0.15) is 4.88 Å². The van der Waals surface area contributed by atoms with Crippen LogP contribution in [-0.2, 0) is 6.42 Å². The summed E-state index contributed by atoms with van der Waals surface area (Å²) >= 11 is 3.16. The van der Waals surface area contributed by atoms with Gasteiger partial charge in [0.15, 0.2) is 5.13 Å². The summed E-state index contributed by atoms with van der Waals surface area (Å²) in [5, 5.41) is 8.19. The Morgan fingerprint density at radius 2 is 2.14 bits per heavy atom. The minimum atomic E-state index is -0.0392. The molecule has 1 unspecified atom stereocenters. The quantitative estimate of drug-likeness (QED) is 0.897. The molecule has 118 valence electrons. The van der Waals surface area contributed by atoms with Gasteiger partial charge >= 0.3 is 0 Å². The van der Waals surface area contributed by atoms with Crippen molar-refractivity contribution in [3.05, 3.63) is 26.1 Å². The summed E-state index contributed by atoms with van der Waals surface area (Å²) in [6.07, 6.45) is 3.14. The topological polar surface area (TPSA) is 66.9 Å². The summed E-state index contributed by atoms with van der Waals surface area (Å²) in [7, 11) is 0. The Morgan fingerprint density at radius 3 is 2.91 bits per heavy atom. The molecule has 0 aromatic carbocycles. The standard InChI is InChI=1S/C15H20N4OS2/c1-4-16-15-17-8(2)13(22-15)14(20)19-10-6-5-7-11-12(10)18-9(3)21-11/h10H,4-7H2,1-3H3,(H,16,17)(H,19,20). The van der Waals surface area contributed by atoms with Gasteiger partial charge in [-0.05, 0) is 40.0 Å². The van der Waals surface area contributed by atoms with Crippen molar-refractivity contribution < 1.29 is 4.79 Å². The number of rotatable bonds is 4. The first-order valence-electron chi connectivity index (χ1n) is 7.56. The number of nitrogens with zero attached hydrogens (tertiary/aromatic N) is 2. The Balaban J connectivity index is 1.77. The molecule has 2 aromatic heterocycles. The van der Waals surface area contributed by atoms with Crippen LogP contribution < -0.4 is 10.6 Å². The number of nitrogens with one attached hydrogen (secondary N) is 2. The highest BCUT2D eigenvalue weighted by Gasteiger charge is 2.27. The van der Waals surface area contributed by atoms with E-state index >= 15 is 0 Å².